The summed E-state index contributed by atoms with van der Waals surface area (Å²) in [6, 6.07) is 6.91. The zero-order valence-corrected chi connectivity index (χ0v) is 12.4. The van der Waals surface area contributed by atoms with Crippen molar-refractivity contribution in [3.05, 3.63) is 36.4 Å². The first-order valence-corrected chi connectivity index (χ1v) is 8.16. The molecule has 0 saturated heterocycles. The van der Waals surface area contributed by atoms with E-state index in [0.29, 0.717) is 17.1 Å². The van der Waals surface area contributed by atoms with Crippen LogP contribution in [0.15, 0.2) is 35.5 Å². The minimum Gasteiger partial charge on any atom is -0.377 e. The van der Waals surface area contributed by atoms with E-state index in [1.807, 2.05) is 17.6 Å². The van der Waals surface area contributed by atoms with E-state index < -0.39 is 9.84 Å². The fourth-order valence-electron chi connectivity index (χ4n) is 1.89. The molecule has 108 valence electrons. The smallest absolute Gasteiger partial charge is 0.180 e. The molecule has 20 heavy (non-hydrogen) atoms. The normalized spacial score (nSPS) is 11.5. The molecule has 0 radical (unpaired) electrons. The first-order chi connectivity index (χ1) is 9.58. The maximum Gasteiger partial charge on any atom is 0.180 e. The number of anilines is 1. The third kappa shape index (κ3) is 2.98. The zero-order valence-electron chi connectivity index (χ0n) is 11.6. The number of aryl methyl sites for hydroxylation is 1. The van der Waals surface area contributed by atoms with Crippen LogP contribution in [0.1, 0.15) is 19.7 Å². The van der Waals surface area contributed by atoms with E-state index in [0.717, 1.165) is 12.4 Å². The lowest BCUT2D eigenvalue weighted by Crippen LogP contribution is -2.11. The number of nitrogens with one attached hydrogen (secondary N) is 1. The highest BCUT2D eigenvalue weighted by Gasteiger charge is 2.16. The second-order valence-corrected chi connectivity index (χ2v) is 6.53. The Bertz CT molecular complexity index is 679. The van der Waals surface area contributed by atoms with E-state index in [9.17, 15) is 8.42 Å². The Morgan fingerprint density at radius 1 is 1.25 bits per heavy atom. The van der Waals surface area contributed by atoms with Crippen molar-refractivity contribution in [3.63, 3.8) is 0 Å². The molecule has 0 fully saturated rings. The van der Waals surface area contributed by atoms with Crippen molar-refractivity contribution < 1.29 is 8.42 Å². The van der Waals surface area contributed by atoms with Gasteiger partial charge in [0.15, 0.2) is 15.7 Å². The molecule has 2 aromatic rings. The lowest BCUT2D eigenvalue weighted by Gasteiger charge is -2.11. The van der Waals surface area contributed by atoms with Gasteiger partial charge in [-0.05, 0) is 19.1 Å². The summed E-state index contributed by atoms with van der Waals surface area (Å²) in [6.45, 7) is 4.85. The summed E-state index contributed by atoms with van der Waals surface area (Å²) in [5, 5.41) is 11.0. The standard InChI is InChI=1S/C13H18N4O2S/c1-3-17-10-15-16-13(17)9-14-11-7-5-6-8-12(11)20(18,19)4-2/h5-8,10,14H,3-4,9H2,1-2H3. The number of benzene rings is 1. The van der Waals surface area contributed by atoms with Gasteiger partial charge in [0, 0.05) is 6.54 Å². The van der Waals surface area contributed by atoms with Crippen LogP contribution in [0.5, 0.6) is 0 Å². The second kappa shape index (κ2) is 6.04. The molecule has 0 saturated carbocycles. The monoisotopic (exact) mass is 294 g/mol. The Morgan fingerprint density at radius 3 is 2.70 bits per heavy atom. The Kier molecular flexibility index (Phi) is 4.39. The quantitative estimate of drug-likeness (QED) is 0.877. The van der Waals surface area contributed by atoms with Gasteiger partial charge >= 0.3 is 0 Å². The first kappa shape index (κ1) is 14.5. The van der Waals surface area contributed by atoms with Gasteiger partial charge < -0.3 is 9.88 Å². The Labute approximate surface area is 118 Å². The van der Waals surface area contributed by atoms with Crippen LogP contribution in [0.25, 0.3) is 0 Å². The molecule has 1 N–H and O–H groups in total. The van der Waals surface area contributed by atoms with Crippen LogP contribution in [-0.4, -0.2) is 28.9 Å². The summed E-state index contributed by atoms with van der Waals surface area (Å²) >= 11 is 0. The number of para-hydroxylation sites is 1. The SMILES string of the molecule is CCn1cnnc1CNc1ccccc1S(=O)(=O)CC. The van der Waals surface area contributed by atoms with Crippen LogP contribution >= 0.6 is 0 Å². The summed E-state index contributed by atoms with van der Waals surface area (Å²) in [7, 11) is -3.24. The number of sulfone groups is 1. The van der Waals surface area contributed by atoms with Crippen LogP contribution in [0.2, 0.25) is 0 Å². The van der Waals surface area contributed by atoms with Gasteiger partial charge in [-0.25, -0.2) is 8.42 Å². The largest absolute Gasteiger partial charge is 0.377 e. The van der Waals surface area contributed by atoms with Crippen molar-refractivity contribution >= 4 is 15.5 Å². The van der Waals surface area contributed by atoms with Crippen LogP contribution in [0.4, 0.5) is 5.69 Å². The lowest BCUT2D eigenvalue weighted by atomic mass is 10.3. The van der Waals surface area contributed by atoms with Crippen LogP contribution in [0, 0.1) is 0 Å². The summed E-state index contributed by atoms with van der Waals surface area (Å²) < 4.78 is 26.0. The Morgan fingerprint density at radius 2 is 2.00 bits per heavy atom. The van der Waals surface area contributed by atoms with E-state index in [1.165, 1.54) is 0 Å². The molecule has 0 atom stereocenters. The predicted molar refractivity (Wildman–Crippen MR) is 77.2 cm³/mol. The molecular formula is C13H18N4O2S. The lowest BCUT2D eigenvalue weighted by molar-refractivity contribution is 0.597. The van der Waals surface area contributed by atoms with E-state index in [2.05, 4.69) is 15.5 Å². The number of nitrogens with zero attached hydrogens (tertiary/aromatic N) is 3. The van der Waals surface area contributed by atoms with Gasteiger partial charge in [-0.3, -0.25) is 0 Å². The van der Waals surface area contributed by atoms with Gasteiger partial charge in [-0.2, -0.15) is 0 Å². The summed E-state index contributed by atoms with van der Waals surface area (Å²) in [5.41, 5.74) is 0.597. The number of aromatic nitrogens is 3. The van der Waals surface area contributed by atoms with Gasteiger partial charge in [0.05, 0.1) is 22.9 Å². The molecule has 2 rings (SSSR count). The third-order valence-electron chi connectivity index (χ3n) is 3.08. The van der Waals surface area contributed by atoms with Crippen molar-refractivity contribution in [2.45, 2.75) is 31.8 Å². The molecule has 0 spiro atoms. The van der Waals surface area contributed by atoms with Gasteiger partial charge in [0.1, 0.15) is 6.33 Å². The van der Waals surface area contributed by atoms with E-state index in [4.69, 9.17) is 0 Å². The highest BCUT2D eigenvalue weighted by Crippen LogP contribution is 2.22. The minimum atomic E-state index is -3.24. The topological polar surface area (TPSA) is 76.9 Å². The fraction of sp³-hybridized carbons (Fsp3) is 0.385. The molecule has 7 heteroatoms. The highest BCUT2D eigenvalue weighted by molar-refractivity contribution is 7.91. The zero-order chi connectivity index (χ0) is 14.6. The van der Waals surface area contributed by atoms with Crippen LogP contribution < -0.4 is 5.32 Å². The average Bonchev–Trinajstić information content (AvgIpc) is 2.93. The predicted octanol–water partition coefficient (Wildman–Crippen LogP) is 1.70. The van der Waals surface area contributed by atoms with E-state index >= 15 is 0 Å². The maximum atomic E-state index is 12.0. The van der Waals surface area contributed by atoms with Crippen molar-refractivity contribution in [1.29, 1.82) is 0 Å². The molecule has 0 bridgehead atoms. The minimum absolute atomic E-state index is 0.0802. The maximum absolute atomic E-state index is 12.0. The van der Waals surface area contributed by atoms with Crippen molar-refractivity contribution in [2.24, 2.45) is 0 Å². The number of hydrogen-bond acceptors (Lipinski definition) is 5. The summed E-state index contributed by atoms with van der Waals surface area (Å²) in [4.78, 5) is 0.324. The molecule has 1 aromatic heterocycles. The number of rotatable bonds is 6. The Hall–Kier alpha value is -1.89. The van der Waals surface area contributed by atoms with Crippen molar-refractivity contribution in [1.82, 2.24) is 14.8 Å². The fourth-order valence-corrected chi connectivity index (χ4v) is 2.97. The molecule has 0 aliphatic carbocycles. The second-order valence-electron chi connectivity index (χ2n) is 4.29. The first-order valence-electron chi connectivity index (χ1n) is 6.50. The van der Waals surface area contributed by atoms with Gasteiger partial charge in [-0.1, -0.05) is 19.1 Å². The highest BCUT2D eigenvalue weighted by atomic mass is 32.2. The molecule has 1 aromatic carbocycles. The molecular weight excluding hydrogens is 276 g/mol. The number of hydrogen-bond donors (Lipinski definition) is 1. The van der Waals surface area contributed by atoms with Gasteiger partial charge in [0.25, 0.3) is 0 Å². The average molecular weight is 294 g/mol. The molecule has 0 aliphatic heterocycles. The molecule has 6 nitrogen and oxygen atoms in total. The van der Waals surface area contributed by atoms with Crippen molar-refractivity contribution in [2.75, 3.05) is 11.1 Å². The molecule has 0 aliphatic rings. The van der Waals surface area contributed by atoms with Gasteiger partial charge in [-0.15, -0.1) is 10.2 Å². The van der Waals surface area contributed by atoms with Gasteiger partial charge in [0.2, 0.25) is 0 Å². The molecule has 0 amide bonds. The van der Waals surface area contributed by atoms with E-state index in [-0.39, 0.29) is 5.75 Å². The van der Waals surface area contributed by atoms with Crippen molar-refractivity contribution in [3.8, 4) is 0 Å². The molecule has 1 heterocycles. The van der Waals surface area contributed by atoms with E-state index in [1.54, 1.807) is 31.5 Å². The summed E-state index contributed by atoms with van der Waals surface area (Å²) in [6.07, 6.45) is 1.66. The summed E-state index contributed by atoms with van der Waals surface area (Å²) in [5.74, 6) is 0.854. The van der Waals surface area contributed by atoms with Crippen LogP contribution in [0.3, 0.4) is 0 Å². The Balaban J connectivity index is 2.23. The van der Waals surface area contributed by atoms with Crippen LogP contribution in [-0.2, 0) is 22.9 Å². The molecule has 0 unspecified atom stereocenters. The third-order valence-corrected chi connectivity index (χ3v) is 4.86.